The summed E-state index contributed by atoms with van der Waals surface area (Å²) in [4.78, 5) is 9.93. The van der Waals surface area contributed by atoms with Gasteiger partial charge in [-0.15, -0.1) is 0 Å². The van der Waals surface area contributed by atoms with Gasteiger partial charge in [0.05, 0.1) is 0 Å². The quantitative estimate of drug-likeness (QED) is 0.308. The van der Waals surface area contributed by atoms with E-state index in [0.717, 1.165) is 12.7 Å². The van der Waals surface area contributed by atoms with E-state index in [1.54, 1.807) is 0 Å². The molecule has 0 aromatic carbocycles. The Morgan fingerprint density at radius 2 is 1.75 bits per heavy atom. The SMILES string of the molecule is CCCCCCC/C=C\CC=O. The van der Waals surface area contributed by atoms with E-state index < -0.39 is 0 Å². The summed E-state index contributed by atoms with van der Waals surface area (Å²) in [7, 11) is 0. The molecule has 0 saturated carbocycles. The molecule has 0 unspecified atom stereocenters. The summed E-state index contributed by atoms with van der Waals surface area (Å²) in [5, 5.41) is 0. The minimum atomic E-state index is 0.578. The van der Waals surface area contributed by atoms with E-state index in [2.05, 4.69) is 13.0 Å². The van der Waals surface area contributed by atoms with Crippen LogP contribution in [-0.4, -0.2) is 6.29 Å². The minimum Gasteiger partial charge on any atom is -0.303 e. The van der Waals surface area contributed by atoms with Crippen LogP contribution in [0.5, 0.6) is 0 Å². The molecule has 0 aliphatic heterocycles. The van der Waals surface area contributed by atoms with Crippen LogP contribution in [0.25, 0.3) is 0 Å². The van der Waals surface area contributed by atoms with Gasteiger partial charge in [0, 0.05) is 6.42 Å². The third-order valence-corrected chi connectivity index (χ3v) is 1.87. The van der Waals surface area contributed by atoms with Crippen molar-refractivity contribution in [1.82, 2.24) is 0 Å². The molecule has 0 spiro atoms. The number of carbonyl (C=O) groups is 1. The Morgan fingerprint density at radius 1 is 1.00 bits per heavy atom. The second-order valence-corrected chi connectivity index (χ2v) is 3.08. The summed E-state index contributed by atoms with van der Waals surface area (Å²) in [6, 6.07) is 0. The molecule has 0 aromatic rings. The summed E-state index contributed by atoms with van der Waals surface area (Å²) >= 11 is 0. The Hall–Kier alpha value is -0.590. The number of rotatable bonds is 8. The van der Waals surface area contributed by atoms with Crippen LogP contribution < -0.4 is 0 Å². The van der Waals surface area contributed by atoms with Crippen molar-refractivity contribution in [2.24, 2.45) is 0 Å². The molecule has 0 aliphatic carbocycles. The highest BCUT2D eigenvalue weighted by Crippen LogP contribution is 2.05. The summed E-state index contributed by atoms with van der Waals surface area (Å²) in [5.41, 5.74) is 0. The monoisotopic (exact) mass is 168 g/mol. The van der Waals surface area contributed by atoms with Crippen molar-refractivity contribution in [1.29, 1.82) is 0 Å². The third kappa shape index (κ3) is 9.41. The predicted octanol–water partition coefficient (Wildman–Crippen LogP) is 3.49. The zero-order valence-corrected chi connectivity index (χ0v) is 8.09. The standard InChI is InChI=1S/C11H20O/c1-2-3-4-5-6-7-8-9-10-11-12/h8-9,11H,2-7,10H2,1H3/b9-8-. The lowest BCUT2D eigenvalue weighted by atomic mass is 10.1. The third-order valence-electron chi connectivity index (χ3n) is 1.87. The number of carbonyl (C=O) groups excluding carboxylic acids is 1. The molecule has 0 N–H and O–H groups in total. The van der Waals surface area contributed by atoms with Crippen LogP contribution in [0.3, 0.4) is 0 Å². The Labute approximate surface area is 75.9 Å². The summed E-state index contributed by atoms with van der Waals surface area (Å²) in [6.45, 7) is 2.23. The molecule has 1 nitrogen and oxygen atoms in total. The molecule has 0 radical (unpaired) electrons. The second-order valence-electron chi connectivity index (χ2n) is 3.08. The Balaban J connectivity index is 2.94. The molecule has 0 heterocycles. The molecular formula is C11H20O. The van der Waals surface area contributed by atoms with Crippen LogP contribution in [0.4, 0.5) is 0 Å². The first-order valence-corrected chi connectivity index (χ1v) is 5.00. The zero-order chi connectivity index (χ0) is 9.07. The van der Waals surface area contributed by atoms with Crippen molar-refractivity contribution in [2.75, 3.05) is 0 Å². The molecule has 0 amide bonds. The van der Waals surface area contributed by atoms with Crippen LogP contribution in [0.15, 0.2) is 12.2 Å². The summed E-state index contributed by atoms with van der Waals surface area (Å²) in [6.07, 6.45) is 13.3. The minimum absolute atomic E-state index is 0.578. The highest BCUT2D eigenvalue weighted by Gasteiger charge is 1.85. The van der Waals surface area contributed by atoms with Crippen molar-refractivity contribution >= 4 is 6.29 Å². The van der Waals surface area contributed by atoms with Gasteiger partial charge in [-0.05, 0) is 12.8 Å². The van der Waals surface area contributed by atoms with Crippen LogP contribution in [0, 0.1) is 0 Å². The second kappa shape index (κ2) is 10.4. The summed E-state index contributed by atoms with van der Waals surface area (Å²) in [5.74, 6) is 0. The molecule has 0 atom stereocenters. The number of unbranched alkanes of at least 4 members (excludes halogenated alkanes) is 5. The molecular weight excluding hydrogens is 148 g/mol. The number of allylic oxidation sites excluding steroid dienone is 2. The van der Waals surface area contributed by atoms with E-state index in [-0.39, 0.29) is 0 Å². The summed E-state index contributed by atoms with van der Waals surface area (Å²) < 4.78 is 0. The average Bonchev–Trinajstić information content (AvgIpc) is 2.10. The van der Waals surface area contributed by atoms with Crippen LogP contribution >= 0.6 is 0 Å². The van der Waals surface area contributed by atoms with Gasteiger partial charge in [-0.1, -0.05) is 44.8 Å². The molecule has 1 heteroatoms. The van der Waals surface area contributed by atoms with E-state index in [0.29, 0.717) is 6.42 Å². The van der Waals surface area contributed by atoms with E-state index in [1.807, 2.05) is 6.08 Å². The van der Waals surface area contributed by atoms with Crippen molar-refractivity contribution in [3.05, 3.63) is 12.2 Å². The van der Waals surface area contributed by atoms with Crippen LogP contribution in [-0.2, 0) is 4.79 Å². The average molecular weight is 168 g/mol. The lowest BCUT2D eigenvalue weighted by Crippen LogP contribution is -1.76. The number of hydrogen-bond acceptors (Lipinski definition) is 1. The molecule has 0 aliphatic rings. The Kier molecular flexibility index (Phi) is 9.90. The molecule has 0 bridgehead atoms. The number of hydrogen-bond donors (Lipinski definition) is 0. The highest BCUT2D eigenvalue weighted by atomic mass is 16.1. The lowest BCUT2D eigenvalue weighted by Gasteiger charge is -1.95. The molecule has 0 rings (SSSR count). The van der Waals surface area contributed by atoms with Gasteiger partial charge in [-0.25, -0.2) is 0 Å². The smallest absolute Gasteiger partial charge is 0.123 e. The molecule has 70 valence electrons. The Morgan fingerprint density at radius 3 is 2.42 bits per heavy atom. The van der Waals surface area contributed by atoms with E-state index >= 15 is 0 Å². The van der Waals surface area contributed by atoms with Crippen molar-refractivity contribution in [3.63, 3.8) is 0 Å². The van der Waals surface area contributed by atoms with E-state index in [9.17, 15) is 4.79 Å². The first-order valence-electron chi connectivity index (χ1n) is 5.00. The zero-order valence-electron chi connectivity index (χ0n) is 8.09. The highest BCUT2D eigenvalue weighted by molar-refractivity contribution is 5.51. The van der Waals surface area contributed by atoms with Gasteiger partial charge in [-0.3, -0.25) is 0 Å². The van der Waals surface area contributed by atoms with Crippen molar-refractivity contribution in [3.8, 4) is 0 Å². The maximum absolute atomic E-state index is 9.93. The molecule has 0 saturated heterocycles. The van der Waals surface area contributed by atoms with E-state index in [4.69, 9.17) is 0 Å². The fourth-order valence-electron chi connectivity index (χ4n) is 1.14. The van der Waals surface area contributed by atoms with Crippen LogP contribution in [0.1, 0.15) is 51.9 Å². The maximum Gasteiger partial charge on any atom is 0.123 e. The number of aldehydes is 1. The predicted molar refractivity (Wildman–Crippen MR) is 53.2 cm³/mol. The van der Waals surface area contributed by atoms with Gasteiger partial charge in [0.25, 0.3) is 0 Å². The van der Waals surface area contributed by atoms with Gasteiger partial charge >= 0.3 is 0 Å². The normalized spacial score (nSPS) is 10.8. The largest absolute Gasteiger partial charge is 0.303 e. The molecule has 0 aromatic heterocycles. The van der Waals surface area contributed by atoms with Gasteiger partial charge in [-0.2, -0.15) is 0 Å². The first kappa shape index (κ1) is 11.4. The van der Waals surface area contributed by atoms with E-state index in [1.165, 1.54) is 32.1 Å². The fraction of sp³-hybridized carbons (Fsp3) is 0.727. The fourth-order valence-corrected chi connectivity index (χ4v) is 1.14. The van der Waals surface area contributed by atoms with Gasteiger partial charge in [0.2, 0.25) is 0 Å². The van der Waals surface area contributed by atoms with Gasteiger partial charge < -0.3 is 4.79 Å². The van der Waals surface area contributed by atoms with Crippen LogP contribution in [0.2, 0.25) is 0 Å². The maximum atomic E-state index is 9.93. The lowest BCUT2D eigenvalue weighted by molar-refractivity contribution is -0.107. The van der Waals surface area contributed by atoms with Crippen molar-refractivity contribution in [2.45, 2.75) is 51.9 Å². The topological polar surface area (TPSA) is 17.1 Å². The first-order chi connectivity index (χ1) is 5.91. The Bertz CT molecular complexity index is 116. The van der Waals surface area contributed by atoms with Gasteiger partial charge in [0.1, 0.15) is 6.29 Å². The van der Waals surface area contributed by atoms with Crippen molar-refractivity contribution < 1.29 is 4.79 Å². The molecule has 0 fully saturated rings. The van der Waals surface area contributed by atoms with Gasteiger partial charge in [0.15, 0.2) is 0 Å². The molecule has 12 heavy (non-hydrogen) atoms.